The van der Waals surface area contributed by atoms with Gasteiger partial charge in [-0.15, -0.1) is 0 Å². The molecule has 0 radical (unpaired) electrons. The highest BCUT2D eigenvalue weighted by molar-refractivity contribution is 9.10. The molecule has 0 N–H and O–H groups in total. The van der Waals surface area contributed by atoms with Gasteiger partial charge >= 0.3 is 5.97 Å². The predicted molar refractivity (Wildman–Crippen MR) is 137 cm³/mol. The zero-order valence-electron chi connectivity index (χ0n) is 19.0. The summed E-state index contributed by atoms with van der Waals surface area (Å²) in [6.45, 7) is 5.74. The fraction of sp³-hybridized carbons (Fsp3) is 0.240. The van der Waals surface area contributed by atoms with Crippen LogP contribution in [-0.4, -0.2) is 24.3 Å². The number of aromatic nitrogens is 1. The van der Waals surface area contributed by atoms with Gasteiger partial charge in [0.25, 0.3) is 5.56 Å². The summed E-state index contributed by atoms with van der Waals surface area (Å²) in [5.74, 6) is 0.0452. The van der Waals surface area contributed by atoms with E-state index in [2.05, 4.69) is 20.9 Å². The average molecular weight is 562 g/mol. The third-order valence-electron chi connectivity index (χ3n) is 5.43. The molecule has 4 rings (SSSR count). The third-order valence-corrected chi connectivity index (χ3v) is 7.29. The summed E-state index contributed by atoms with van der Waals surface area (Å²) in [6.07, 6.45) is 1.76. The summed E-state index contributed by atoms with van der Waals surface area (Å²) in [6, 6.07) is 10.7. The number of aryl methyl sites for hydroxylation is 1. The predicted octanol–water partition coefficient (Wildman–Crippen LogP) is 4.53. The van der Waals surface area contributed by atoms with Crippen molar-refractivity contribution in [2.45, 2.75) is 26.8 Å². The van der Waals surface area contributed by atoms with E-state index in [0.29, 0.717) is 35.8 Å². The lowest BCUT2D eigenvalue weighted by atomic mass is 9.95. The molecule has 9 heteroatoms. The SMILES string of the molecule is CCOC(=O)C1=C(C)N=c2s/c(=C/c3cc(Cl)c(OC)c(Br)c3)c(=O)n2[C@@H]1c1ccc(C)cc1. The Bertz CT molecular complexity index is 1470. The van der Waals surface area contributed by atoms with Crippen LogP contribution < -0.4 is 19.6 Å². The molecule has 1 aliphatic heterocycles. The van der Waals surface area contributed by atoms with Crippen molar-refractivity contribution in [1.29, 1.82) is 0 Å². The van der Waals surface area contributed by atoms with Crippen LogP contribution in [0.3, 0.4) is 0 Å². The third kappa shape index (κ3) is 4.50. The molecule has 0 saturated carbocycles. The van der Waals surface area contributed by atoms with Crippen LogP contribution in [-0.2, 0) is 9.53 Å². The molecule has 0 aliphatic carbocycles. The van der Waals surface area contributed by atoms with Gasteiger partial charge in [0.15, 0.2) is 10.6 Å². The number of carbonyl (C=O) groups excluding carboxylic acids is 1. The molecule has 1 aromatic heterocycles. The van der Waals surface area contributed by atoms with Crippen molar-refractivity contribution in [3.05, 3.63) is 93.5 Å². The van der Waals surface area contributed by atoms with Crippen molar-refractivity contribution >= 4 is 50.9 Å². The Morgan fingerprint density at radius 3 is 2.59 bits per heavy atom. The molecule has 0 amide bonds. The number of fused-ring (bicyclic) bond motifs is 1. The largest absolute Gasteiger partial charge is 0.494 e. The first-order valence-electron chi connectivity index (χ1n) is 10.5. The van der Waals surface area contributed by atoms with Gasteiger partial charge in [-0.1, -0.05) is 52.8 Å². The Morgan fingerprint density at radius 2 is 1.97 bits per heavy atom. The van der Waals surface area contributed by atoms with E-state index in [1.165, 1.54) is 18.4 Å². The van der Waals surface area contributed by atoms with Gasteiger partial charge in [0, 0.05) is 0 Å². The molecule has 176 valence electrons. The lowest BCUT2D eigenvalue weighted by Crippen LogP contribution is -2.39. The standard InChI is InChI=1S/C25H22BrClN2O4S/c1-5-33-24(31)20-14(3)28-25-29(21(20)16-8-6-13(2)7-9-16)23(30)19(34-25)12-15-10-17(26)22(32-4)18(27)11-15/h6-12,21H,5H2,1-4H3/b19-12+/t21-/m1/s1. The van der Waals surface area contributed by atoms with Gasteiger partial charge in [-0.05, 0) is 66.0 Å². The molecule has 0 spiro atoms. The minimum atomic E-state index is -0.635. The van der Waals surface area contributed by atoms with Gasteiger partial charge < -0.3 is 9.47 Å². The van der Waals surface area contributed by atoms with E-state index in [0.717, 1.165) is 16.7 Å². The number of allylic oxidation sites excluding steroid dienone is 1. The Morgan fingerprint density at radius 1 is 1.26 bits per heavy atom. The first-order chi connectivity index (χ1) is 16.2. The number of hydrogen-bond acceptors (Lipinski definition) is 6. The number of halogens is 2. The Hall–Kier alpha value is -2.68. The Balaban J connectivity index is 1.94. The van der Waals surface area contributed by atoms with Gasteiger partial charge in [0.2, 0.25) is 0 Å². The van der Waals surface area contributed by atoms with Gasteiger partial charge in [-0.3, -0.25) is 9.36 Å². The summed E-state index contributed by atoms with van der Waals surface area (Å²) >= 11 is 11.0. The second-order valence-electron chi connectivity index (χ2n) is 7.73. The van der Waals surface area contributed by atoms with Crippen molar-refractivity contribution in [2.75, 3.05) is 13.7 Å². The Kier molecular flexibility index (Phi) is 7.12. The molecular formula is C25H22BrClN2O4S. The zero-order chi connectivity index (χ0) is 24.6. The van der Waals surface area contributed by atoms with Crippen LogP contribution in [0.5, 0.6) is 5.75 Å². The summed E-state index contributed by atoms with van der Waals surface area (Å²) in [7, 11) is 1.54. The van der Waals surface area contributed by atoms with Gasteiger partial charge in [-0.25, -0.2) is 9.79 Å². The van der Waals surface area contributed by atoms with Crippen LogP contribution in [0.4, 0.5) is 0 Å². The summed E-state index contributed by atoms with van der Waals surface area (Å²) in [5, 5.41) is 0.425. The second kappa shape index (κ2) is 9.90. The van der Waals surface area contributed by atoms with Crippen molar-refractivity contribution in [3.63, 3.8) is 0 Å². The fourth-order valence-electron chi connectivity index (χ4n) is 3.86. The van der Waals surface area contributed by atoms with Crippen molar-refractivity contribution in [1.82, 2.24) is 4.57 Å². The molecule has 2 aromatic carbocycles. The maximum Gasteiger partial charge on any atom is 0.338 e. The van der Waals surface area contributed by atoms with E-state index in [-0.39, 0.29) is 12.2 Å². The molecule has 1 atom stereocenters. The highest BCUT2D eigenvalue weighted by atomic mass is 79.9. The van der Waals surface area contributed by atoms with E-state index in [4.69, 9.17) is 21.1 Å². The monoisotopic (exact) mass is 560 g/mol. The number of hydrogen-bond donors (Lipinski definition) is 0. The average Bonchev–Trinajstić information content (AvgIpc) is 3.08. The quantitative estimate of drug-likeness (QED) is 0.429. The molecular weight excluding hydrogens is 540 g/mol. The number of benzene rings is 2. The zero-order valence-corrected chi connectivity index (χ0v) is 22.2. The van der Waals surface area contributed by atoms with Gasteiger partial charge in [0.1, 0.15) is 0 Å². The van der Waals surface area contributed by atoms with Crippen LogP contribution in [0.2, 0.25) is 5.02 Å². The molecule has 3 aromatic rings. The molecule has 2 heterocycles. The first kappa shape index (κ1) is 24.4. The van der Waals surface area contributed by atoms with Crippen LogP contribution in [0.1, 0.15) is 36.6 Å². The van der Waals surface area contributed by atoms with Crippen LogP contribution in [0.25, 0.3) is 6.08 Å². The Labute approximate surface area is 213 Å². The second-order valence-corrected chi connectivity index (χ2v) is 10.0. The summed E-state index contributed by atoms with van der Waals surface area (Å²) < 4.78 is 13.3. The molecule has 1 aliphatic rings. The molecule has 6 nitrogen and oxygen atoms in total. The number of rotatable bonds is 5. The number of esters is 1. The fourth-order valence-corrected chi connectivity index (χ4v) is 5.97. The van der Waals surface area contributed by atoms with E-state index in [9.17, 15) is 9.59 Å². The van der Waals surface area contributed by atoms with Crippen molar-refractivity contribution in [2.24, 2.45) is 4.99 Å². The highest BCUT2D eigenvalue weighted by Gasteiger charge is 2.33. The molecule has 34 heavy (non-hydrogen) atoms. The lowest BCUT2D eigenvalue weighted by molar-refractivity contribution is -0.139. The molecule has 0 bridgehead atoms. The van der Waals surface area contributed by atoms with E-state index >= 15 is 0 Å². The van der Waals surface area contributed by atoms with Crippen LogP contribution in [0, 0.1) is 6.92 Å². The molecule has 0 saturated heterocycles. The normalized spacial score (nSPS) is 15.7. The first-order valence-corrected chi connectivity index (χ1v) is 12.5. The van der Waals surface area contributed by atoms with Gasteiger partial charge in [0.05, 0.1) is 45.1 Å². The number of carbonyl (C=O) groups is 1. The summed E-state index contributed by atoms with van der Waals surface area (Å²) in [5.41, 5.74) is 3.28. The number of thiazole rings is 1. The lowest BCUT2D eigenvalue weighted by Gasteiger charge is -2.24. The maximum absolute atomic E-state index is 13.6. The molecule has 0 fully saturated rings. The van der Waals surface area contributed by atoms with E-state index < -0.39 is 12.0 Å². The highest BCUT2D eigenvalue weighted by Crippen LogP contribution is 2.34. The van der Waals surface area contributed by atoms with Crippen LogP contribution in [0.15, 0.2) is 61.9 Å². The summed E-state index contributed by atoms with van der Waals surface area (Å²) in [4.78, 5) is 31.7. The number of ether oxygens (including phenoxy) is 2. The van der Waals surface area contributed by atoms with Crippen LogP contribution >= 0.6 is 38.9 Å². The van der Waals surface area contributed by atoms with Gasteiger partial charge in [-0.2, -0.15) is 0 Å². The topological polar surface area (TPSA) is 69.9 Å². The smallest absolute Gasteiger partial charge is 0.338 e. The minimum Gasteiger partial charge on any atom is -0.494 e. The maximum atomic E-state index is 13.6. The van der Waals surface area contributed by atoms with E-state index in [1.54, 1.807) is 30.6 Å². The number of nitrogens with zero attached hydrogens (tertiary/aromatic N) is 2. The molecule has 0 unspecified atom stereocenters. The minimum absolute atomic E-state index is 0.230. The number of methoxy groups -OCH3 is 1. The van der Waals surface area contributed by atoms with Crippen molar-refractivity contribution in [3.8, 4) is 5.75 Å². The van der Waals surface area contributed by atoms with Crippen molar-refractivity contribution < 1.29 is 14.3 Å². The van der Waals surface area contributed by atoms with E-state index in [1.807, 2.05) is 37.3 Å².